The van der Waals surface area contributed by atoms with E-state index in [0.717, 1.165) is 53.5 Å². The Morgan fingerprint density at radius 1 is 0.448 bits per heavy atom. The molecule has 2 heterocycles. The van der Waals surface area contributed by atoms with Crippen LogP contribution in [0.2, 0.25) is 0 Å². The van der Waals surface area contributed by atoms with Crippen molar-refractivity contribution in [1.29, 1.82) is 0 Å². The summed E-state index contributed by atoms with van der Waals surface area (Å²) in [4.78, 5) is 2.86. The second-order valence-corrected chi connectivity index (χ2v) is 16.7. The van der Waals surface area contributed by atoms with Gasteiger partial charge in [-0.15, -0.1) is 0 Å². The topological polar surface area (TPSA) is 172 Å². The smallest absolute Gasteiger partial charge is 0.187 e. The van der Waals surface area contributed by atoms with E-state index in [1.54, 1.807) is 0 Å². The lowest BCUT2D eigenvalue weighted by Gasteiger charge is -2.49. The van der Waals surface area contributed by atoms with Crippen molar-refractivity contribution in [2.24, 2.45) is 5.11 Å². The number of azide groups is 1. The van der Waals surface area contributed by atoms with E-state index in [1.807, 2.05) is 152 Å². The SMILES string of the molecule is [N-]=[N+]=NCCCCCCO[C@@H]1O[C@H](COCc2ccccc2)[C@@H](O[C@@H]2O[C@H](COCc3ccccc3)[C@H](O)[C@H](O)[C@H]2OCc2ccccc2)[C@H](OCc2ccccc2)[C@H]1OCc1ccccc1. The first kappa shape index (κ1) is 49.9. The Bertz CT molecular complexity index is 2140. The second kappa shape index (κ2) is 27.7. The third kappa shape index (κ3) is 15.8. The zero-order valence-electron chi connectivity index (χ0n) is 37.8. The standard InChI is InChI=1S/C53H63N3O11/c54-56-55-30-18-1-2-19-31-61-52-51(64-36-43-28-16-7-17-29-43)50(63-35-42-26-14-6-15-27-42)48(45(66-52)38-60-33-40-22-10-4-11-23-40)67-53-49(62-34-41-24-12-5-13-25-41)47(58)46(57)44(65-53)37-59-32-39-20-8-3-9-21-39/h3-17,20-29,44-53,57-58H,1-2,18-19,30-38H2/t44-,45-,46+,47+,48-,49-,50+,51-,52-,53+/m1/s1. The molecule has 7 rings (SSSR count). The largest absolute Gasteiger partial charge is 0.387 e. The average molecular weight is 918 g/mol. The Labute approximate surface area is 393 Å². The maximum atomic E-state index is 11.9. The highest BCUT2D eigenvalue weighted by molar-refractivity contribution is 5.17. The zero-order chi connectivity index (χ0) is 46.3. The molecule has 14 heteroatoms. The first-order valence-electron chi connectivity index (χ1n) is 23.2. The molecule has 2 fully saturated rings. The number of ether oxygens (including phenoxy) is 9. The van der Waals surface area contributed by atoms with E-state index in [2.05, 4.69) is 10.0 Å². The molecular formula is C53H63N3O11. The van der Waals surface area contributed by atoms with E-state index in [-0.39, 0.29) is 39.6 Å². The van der Waals surface area contributed by atoms with Gasteiger partial charge < -0.3 is 52.8 Å². The van der Waals surface area contributed by atoms with Gasteiger partial charge in [0.2, 0.25) is 0 Å². The first-order valence-corrected chi connectivity index (χ1v) is 23.2. The molecule has 2 saturated heterocycles. The van der Waals surface area contributed by atoms with Gasteiger partial charge in [0, 0.05) is 18.1 Å². The van der Waals surface area contributed by atoms with E-state index in [4.69, 9.17) is 48.2 Å². The van der Waals surface area contributed by atoms with Gasteiger partial charge in [-0.2, -0.15) is 0 Å². The highest BCUT2D eigenvalue weighted by atomic mass is 16.8. The Morgan fingerprint density at radius 3 is 1.39 bits per heavy atom. The molecule has 0 spiro atoms. The van der Waals surface area contributed by atoms with Gasteiger partial charge in [-0.25, -0.2) is 0 Å². The molecule has 2 N–H and O–H groups in total. The normalized spacial score (nSPS) is 25.0. The monoisotopic (exact) mass is 917 g/mol. The van der Waals surface area contributed by atoms with Gasteiger partial charge in [0.25, 0.3) is 0 Å². The van der Waals surface area contributed by atoms with Crippen LogP contribution in [-0.4, -0.2) is 98.0 Å². The molecule has 0 saturated carbocycles. The molecule has 0 unspecified atom stereocenters. The number of unbranched alkanes of at least 4 members (excludes halogenated alkanes) is 3. The van der Waals surface area contributed by atoms with E-state index in [9.17, 15) is 10.2 Å². The lowest BCUT2D eigenvalue weighted by molar-refractivity contribution is -0.373. The molecule has 5 aromatic rings. The summed E-state index contributed by atoms with van der Waals surface area (Å²) in [5.41, 5.74) is 13.3. The van der Waals surface area contributed by atoms with Crippen molar-refractivity contribution >= 4 is 0 Å². The lowest BCUT2D eigenvalue weighted by atomic mass is 9.96. The van der Waals surface area contributed by atoms with E-state index < -0.39 is 61.4 Å². The Balaban J connectivity index is 1.20. The summed E-state index contributed by atoms with van der Waals surface area (Å²) in [5.74, 6) is 0. The number of aliphatic hydroxyl groups excluding tert-OH is 2. The number of benzene rings is 5. The van der Waals surface area contributed by atoms with Crippen molar-refractivity contribution in [3.8, 4) is 0 Å². The minimum Gasteiger partial charge on any atom is -0.387 e. The van der Waals surface area contributed by atoms with Gasteiger partial charge in [-0.05, 0) is 46.2 Å². The van der Waals surface area contributed by atoms with Crippen molar-refractivity contribution in [3.63, 3.8) is 0 Å². The van der Waals surface area contributed by atoms with Crippen LogP contribution in [0.3, 0.4) is 0 Å². The van der Waals surface area contributed by atoms with Crippen LogP contribution in [0.4, 0.5) is 0 Å². The molecule has 0 bridgehead atoms. The van der Waals surface area contributed by atoms with Crippen LogP contribution < -0.4 is 0 Å². The number of rotatable bonds is 27. The van der Waals surface area contributed by atoms with Gasteiger partial charge in [-0.3, -0.25) is 0 Å². The molecular weight excluding hydrogens is 855 g/mol. The average Bonchev–Trinajstić information content (AvgIpc) is 3.37. The molecule has 10 atom stereocenters. The van der Waals surface area contributed by atoms with E-state index >= 15 is 0 Å². The van der Waals surface area contributed by atoms with E-state index in [0.29, 0.717) is 19.8 Å². The minimum absolute atomic E-state index is 0.0403. The van der Waals surface area contributed by atoms with Gasteiger partial charge >= 0.3 is 0 Å². The number of hydrogen-bond acceptors (Lipinski definition) is 12. The van der Waals surface area contributed by atoms with Crippen molar-refractivity contribution in [1.82, 2.24) is 0 Å². The quantitative estimate of drug-likeness (QED) is 0.0224. The third-order valence-electron chi connectivity index (χ3n) is 11.7. The van der Waals surface area contributed by atoms with Gasteiger partial charge in [-0.1, -0.05) is 170 Å². The number of nitrogens with zero attached hydrogens (tertiary/aromatic N) is 3. The summed E-state index contributed by atoms with van der Waals surface area (Å²) in [7, 11) is 0. The highest BCUT2D eigenvalue weighted by Gasteiger charge is 2.53. The molecule has 14 nitrogen and oxygen atoms in total. The molecule has 2 aliphatic rings. The zero-order valence-corrected chi connectivity index (χ0v) is 37.8. The van der Waals surface area contributed by atoms with Crippen molar-refractivity contribution in [2.45, 2.75) is 120 Å². The van der Waals surface area contributed by atoms with Crippen LogP contribution in [-0.2, 0) is 75.7 Å². The summed E-state index contributed by atoms with van der Waals surface area (Å²) in [6.07, 6.45) is -7.31. The fourth-order valence-corrected chi connectivity index (χ4v) is 8.08. The molecule has 0 aromatic heterocycles. The summed E-state index contributed by atoms with van der Waals surface area (Å²) in [6.45, 7) is 1.93. The predicted octanol–water partition coefficient (Wildman–Crippen LogP) is 8.62. The molecule has 0 radical (unpaired) electrons. The van der Waals surface area contributed by atoms with Gasteiger partial charge in [0.05, 0.1) is 46.2 Å². The third-order valence-corrected chi connectivity index (χ3v) is 11.7. The molecule has 0 amide bonds. The molecule has 5 aromatic carbocycles. The van der Waals surface area contributed by atoms with Crippen molar-refractivity contribution < 1.29 is 52.8 Å². The van der Waals surface area contributed by atoms with Gasteiger partial charge in [0.1, 0.15) is 48.8 Å². The predicted molar refractivity (Wildman–Crippen MR) is 250 cm³/mol. The Hall–Kier alpha value is -5.03. The van der Waals surface area contributed by atoms with Crippen LogP contribution in [0, 0.1) is 0 Å². The van der Waals surface area contributed by atoms with Crippen LogP contribution in [0.25, 0.3) is 10.4 Å². The summed E-state index contributed by atoms with van der Waals surface area (Å²) in [5, 5.41) is 27.2. The maximum Gasteiger partial charge on any atom is 0.187 e. The maximum absolute atomic E-state index is 11.9. The number of aliphatic hydroxyl groups is 2. The Morgan fingerprint density at radius 2 is 0.881 bits per heavy atom. The van der Waals surface area contributed by atoms with Crippen LogP contribution >= 0.6 is 0 Å². The molecule has 356 valence electrons. The summed E-state index contributed by atoms with van der Waals surface area (Å²) >= 11 is 0. The van der Waals surface area contributed by atoms with Crippen LogP contribution in [0.15, 0.2) is 157 Å². The number of hydrogen-bond donors (Lipinski definition) is 2. The lowest BCUT2D eigenvalue weighted by Crippen LogP contribution is -2.66. The van der Waals surface area contributed by atoms with Crippen molar-refractivity contribution in [2.75, 3.05) is 26.4 Å². The van der Waals surface area contributed by atoms with Crippen molar-refractivity contribution in [3.05, 3.63) is 190 Å². The summed E-state index contributed by atoms with van der Waals surface area (Å²) < 4.78 is 59.9. The second-order valence-electron chi connectivity index (χ2n) is 16.7. The highest BCUT2D eigenvalue weighted by Crippen LogP contribution is 2.35. The fourth-order valence-electron chi connectivity index (χ4n) is 8.08. The molecule has 67 heavy (non-hydrogen) atoms. The molecule has 2 aliphatic heterocycles. The van der Waals surface area contributed by atoms with E-state index in [1.165, 1.54) is 0 Å². The minimum atomic E-state index is -1.43. The first-order chi connectivity index (χ1) is 33.1. The van der Waals surface area contributed by atoms with Crippen LogP contribution in [0.1, 0.15) is 53.5 Å². The fraction of sp³-hybridized carbons (Fsp3) is 0.434. The van der Waals surface area contributed by atoms with Crippen LogP contribution in [0.5, 0.6) is 0 Å². The van der Waals surface area contributed by atoms with Gasteiger partial charge in [0.15, 0.2) is 12.6 Å². The molecule has 0 aliphatic carbocycles. The summed E-state index contributed by atoms with van der Waals surface area (Å²) in [6, 6.07) is 48.8. The Kier molecular flexibility index (Phi) is 20.6.